The van der Waals surface area contributed by atoms with Crippen molar-refractivity contribution in [1.29, 1.82) is 5.26 Å². The summed E-state index contributed by atoms with van der Waals surface area (Å²) in [4.78, 5) is 12.1. The first-order valence-corrected chi connectivity index (χ1v) is 6.44. The number of amides is 1. The fourth-order valence-electron chi connectivity index (χ4n) is 2.01. The zero-order chi connectivity index (χ0) is 14.5. The van der Waals surface area contributed by atoms with E-state index in [-0.39, 0.29) is 5.91 Å². The number of nitriles is 1. The summed E-state index contributed by atoms with van der Waals surface area (Å²) in [5.74, 6) is -0.138. The van der Waals surface area contributed by atoms with Gasteiger partial charge in [-0.05, 0) is 43.2 Å². The normalized spacial score (nSPS) is 9.85. The van der Waals surface area contributed by atoms with Crippen LogP contribution in [0.3, 0.4) is 0 Å². The largest absolute Gasteiger partial charge is 0.322 e. The van der Waals surface area contributed by atoms with Crippen LogP contribution in [0, 0.1) is 25.2 Å². The lowest BCUT2D eigenvalue weighted by molar-refractivity contribution is 0.102. The molecule has 0 aliphatic carbocycles. The van der Waals surface area contributed by atoms with E-state index < -0.39 is 0 Å². The molecular weight excluding hydrogens is 248 g/mol. The molecule has 0 heterocycles. The van der Waals surface area contributed by atoms with Crippen LogP contribution >= 0.6 is 0 Å². The van der Waals surface area contributed by atoms with Crippen LogP contribution in [0.4, 0.5) is 5.69 Å². The molecule has 0 aliphatic rings. The number of benzene rings is 2. The molecule has 1 amide bonds. The molecule has 100 valence electrons. The van der Waals surface area contributed by atoms with Crippen LogP contribution in [0.5, 0.6) is 0 Å². The fourth-order valence-corrected chi connectivity index (χ4v) is 2.01. The van der Waals surface area contributed by atoms with Gasteiger partial charge in [-0.25, -0.2) is 0 Å². The maximum absolute atomic E-state index is 12.1. The second-order valence-electron chi connectivity index (χ2n) is 4.80. The van der Waals surface area contributed by atoms with Crippen LogP contribution in [0.1, 0.15) is 27.0 Å². The molecule has 0 aromatic heterocycles. The third-order valence-corrected chi connectivity index (χ3v) is 3.13. The Kier molecular flexibility index (Phi) is 4.17. The monoisotopic (exact) mass is 264 g/mol. The molecule has 2 aromatic rings. The van der Waals surface area contributed by atoms with Gasteiger partial charge in [0.05, 0.1) is 12.5 Å². The lowest BCUT2D eigenvalue weighted by Gasteiger charge is -2.09. The molecule has 1 N–H and O–H groups in total. The third kappa shape index (κ3) is 3.24. The Morgan fingerprint density at radius 2 is 1.85 bits per heavy atom. The number of hydrogen-bond donors (Lipinski definition) is 1. The number of nitrogens with one attached hydrogen (secondary N) is 1. The molecule has 20 heavy (non-hydrogen) atoms. The standard InChI is InChI=1S/C17H16N2O/c1-12-3-8-16(13(2)11-12)19-17(20)15-6-4-14(5-7-15)9-10-18/h3-8,11H,9H2,1-2H3,(H,19,20). The lowest BCUT2D eigenvalue weighted by atomic mass is 10.1. The minimum Gasteiger partial charge on any atom is -0.322 e. The molecular formula is C17H16N2O. The molecule has 0 atom stereocenters. The van der Waals surface area contributed by atoms with Crippen molar-refractivity contribution in [2.45, 2.75) is 20.3 Å². The molecule has 0 bridgehead atoms. The van der Waals surface area contributed by atoms with Crippen LogP contribution in [-0.4, -0.2) is 5.91 Å². The van der Waals surface area contributed by atoms with Crippen molar-refractivity contribution in [1.82, 2.24) is 0 Å². The number of hydrogen-bond acceptors (Lipinski definition) is 2. The highest BCUT2D eigenvalue weighted by atomic mass is 16.1. The number of rotatable bonds is 3. The van der Waals surface area contributed by atoms with Crippen molar-refractivity contribution in [3.05, 3.63) is 64.7 Å². The second kappa shape index (κ2) is 6.03. The van der Waals surface area contributed by atoms with E-state index in [0.717, 1.165) is 16.8 Å². The van der Waals surface area contributed by atoms with Crippen molar-refractivity contribution in [2.24, 2.45) is 0 Å². The zero-order valence-corrected chi connectivity index (χ0v) is 11.6. The highest BCUT2D eigenvalue weighted by molar-refractivity contribution is 6.04. The Hall–Kier alpha value is -2.60. The SMILES string of the molecule is Cc1ccc(NC(=O)c2ccc(CC#N)cc2)c(C)c1. The summed E-state index contributed by atoms with van der Waals surface area (Å²) in [6.45, 7) is 3.99. The summed E-state index contributed by atoms with van der Waals surface area (Å²) < 4.78 is 0. The molecule has 0 saturated heterocycles. The molecule has 2 aromatic carbocycles. The molecule has 2 rings (SSSR count). The van der Waals surface area contributed by atoms with Crippen molar-refractivity contribution >= 4 is 11.6 Å². The summed E-state index contributed by atoms with van der Waals surface area (Å²) in [6.07, 6.45) is 0.360. The zero-order valence-electron chi connectivity index (χ0n) is 11.6. The van der Waals surface area contributed by atoms with Gasteiger partial charge >= 0.3 is 0 Å². The molecule has 0 saturated carbocycles. The maximum atomic E-state index is 12.1. The Bertz CT molecular complexity index is 666. The van der Waals surface area contributed by atoms with E-state index >= 15 is 0 Å². The minimum atomic E-state index is -0.138. The van der Waals surface area contributed by atoms with Crippen LogP contribution < -0.4 is 5.32 Å². The average Bonchev–Trinajstić information content (AvgIpc) is 2.43. The highest BCUT2D eigenvalue weighted by Gasteiger charge is 2.07. The summed E-state index contributed by atoms with van der Waals surface area (Å²) in [7, 11) is 0. The van der Waals surface area contributed by atoms with Gasteiger partial charge in [-0.15, -0.1) is 0 Å². The molecule has 0 spiro atoms. The van der Waals surface area contributed by atoms with Crippen molar-refractivity contribution in [3.63, 3.8) is 0 Å². The summed E-state index contributed by atoms with van der Waals surface area (Å²) in [6, 6.07) is 15.1. The number of aryl methyl sites for hydroxylation is 2. The van der Waals surface area contributed by atoms with Gasteiger partial charge in [0.1, 0.15) is 0 Å². The molecule has 0 aliphatic heterocycles. The molecule has 3 heteroatoms. The van der Waals surface area contributed by atoms with Crippen LogP contribution in [-0.2, 0) is 6.42 Å². The topological polar surface area (TPSA) is 52.9 Å². The van der Waals surface area contributed by atoms with Gasteiger partial charge in [0.2, 0.25) is 0 Å². The predicted molar refractivity (Wildman–Crippen MR) is 79.6 cm³/mol. The molecule has 0 unspecified atom stereocenters. The van der Waals surface area contributed by atoms with E-state index in [1.165, 1.54) is 5.56 Å². The third-order valence-electron chi connectivity index (χ3n) is 3.13. The van der Waals surface area contributed by atoms with Gasteiger partial charge in [0.25, 0.3) is 5.91 Å². The number of carbonyl (C=O) groups excluding carboxylic acids is 1. The second-order valence-corrected chi connectivity index (χ2v) is 4.80. The summed E-state index contributed by atoms with van der Waals surface area (Å²) >= 11 is 0. The van der Waals surface area contributed by atoms with E-state index in [1.54, 1.807) is 24.3 Å². The van der Waals surface area contributed by atoms with E-state index in [1.807, 2.05) is 32.0 Å². The summed E-state index contributed by atoms with van der Waals surface area (Å²) in [5.41, 5.74) is 4.53. The first kappa shape index (κ1) is 13.8. The first-order valence-electron chi connectivity index (χ1n) is 6.44. The van der Waals surface area contributed by atoms with Crippen molar-refractivity contribution in [2.75, 3.05) is 5.32 Å². The Labute approximate surface area is 118 Å². The van der Waals surface area contributed by atoms with Gasteiger partial charge in [-0.1, -0.05) is 29.8 Å². The van der Waals surface area contributed by atoms with Crippen molar-refractivity contribution in [3.8, 4) is 6.07 Å². The van der Waals surface area contributed by atoms with Crippen LogP contribution in [0.2, 0.25) is 0 Å². The van der Waals surface area contributed by atoms with Gasteiger partial charge in [-0.2, -0.15) is 5.26 Å². The smallest absolute Gasteiger partial charge is 0.255 e. The number of nitrogens with zero attached hydrogens (tertiary/aromatic N) is 1. The fraction of sp³-hybridized carbons (Fsp3) is 0.176. The van der Waals surface area contributed by atoms with Crippen LogP contribution in [0.15, 0.2) is 42.5 Å². The van der Waals surface area contributed by atoms with Crippen LogP contribution in [0.25, 0.3) is 0 Å². The van der Waals surface area contributed by atoms with Gasteiger partial charge in [0.15, 0.2) is 0 Å². The number of carbonyl (C=O) groups is 1. The maximum Gasteiger partial charge on any atom is 0.255 e. The highest BCUT2D eigenvalue weighted by Crippen LogP contribution is 2.17. The molecule has 0 radical (unpaired) electrons. The van der Waals surface area contributed by atoms with E-state index in [2.05, 4.69) is 11.4 Å². The van der Waals surface area contributed by atoms with E-state index in [9.17, 15) is 4.79 Å². The number of anilines is 1. The quantitative estimate of drug-likeness (QED) is 0.920. The Morgan fingerprint density at radius 3 is 2.45 bits per heavy atom. The Balaban J connectivity index is 2.13. The minimum absolute atomic E-state index is 0.138. The lowest BCUT2D eigenvalue weighted by Crippen LogP contribution is -2.12. The first-order chi connectivity index (χ1) is 9.60. The Morgan fingerprint density at radius 1 is 1.15 bits per heavy atom. The van der Waals surface area contributed by atoms with E-state index in [0.29, 0.717) is 12.0 Å². The average molecular weight is 264 g/mol. The molecule has 3 nitrogen and oxygen atoms in total. The van der Waals surface area contributed by atoms with Gasteiger partial charge in [-0.3, -0.25) is 4.79 Å². The molecule has 0 fully saturated rings. The summed E-state index contributed by atoms with van der Waals surface area (Å²) in [5, 5.41) is 11.5. The predicted octanol–water partition coefficient (Wildman–Crippen LogP) is 3.62. The van der Waals surface area contributed by atoms with E-state index in [4.69, 9.17) is 5.26 Å². The van der Waals surface area contributed by atoms with Gasteiger partial charge < -0.3 is 5.32 Å². The van der Waals surface area contributed by atoms with Gasteiger partial charge in [0, 0.05) is 11.3 Å². The van der Waals surface area contributed by atoms with Crippen molar-refractivity contribution < 1.29 is 4.79 Å².